The molecule has 0 spiro atoms. The number of hydrogen-bond donors (Lipinski definition) is 0. The average Bonchev–Trinajstić information content (AvgIpc) is 3.25. The third-order valence-electron chi connectivity index (χ3n) is 3.64. The molecule has 0 bridgehead atoms. The van der Waals surface area contributed by atoms with Gasteiger partial charge in [0.25, 0.3) is 0 Å². The van der Waals surface area contributed by atoms with E-state index in [1.165, 1.54) is 22.3 Å². The molecule has 3 rings (SSSR count). The minimum absolute atomic E-state index is 0.0457. The molecule has 24 heavy (non-hydrogen) atoms. The summed E-state index contributed by atoms with van der Waals surface area (Å²) < 4.78 is 2.22. The number of carbonyl (C=O) groups is 1. The van der Waals surface area contributed by atoms with Gasteiger partial charge in [-0.05, 0) is 28.1 Å². The summed E-state index contributed by atoms with van der Waals surface area (Å²) in [4.78, 5) is 15.6. The van der Waals surface area contributed by atoms with E-state index in [4.69, 9.17) is 11.6 Å². The Hall–Kier alpha value is -2.25. The normalized spacial score (nSPS) is 12.1. The van der Waals surface area contributed by atoms with Gasteiger partial charge in [0.05, 0.1) is 10.9 Å². The maximum absolute atomic E-state index is 12.9. The quantitative estimate of drug-likeness (QED) is 0.677. The summed E-state index contributed by atoms with van der Waals surface area (Å²) in [5.74, 6) is -0.0457. The molecule has 1 atom stereocenters. The summed E-state index contributed by atoms with van der Waals surface area (Å²) in [6, 6.07) is 13.1. The third-order valence-corrected chi connectivity index (χ3v) is 4.86. The van der Waals surface area contributed by atoms with Crippen LogP contribution >= 0.6 is 22.9 Å². The lowest BCUT2D eigenvalue weighted by atomic mass is 10.1. The number of tetrazole rings is 1. The van der Waals surface area contributed by atoms with Crippen LogP contribution in [-0.4, -0.2) is 38.1 Å². The molecule has 0 N–H and O–H groups in total. The first-order valence-electron chi connectivity index (χ1n) is 7.39. The summed E-state index contributed by atoms with van der Waals surface area (Å²) in [7, 11) is 1.78. The number of halogens is 1. The maximum atomic E-state index is 12.9. The van der Waals surface area contributed by atoms with E-state index in [1.807, 2.05) is 42.5 Å². The number of benzene rings is 1. The molecule has 1 aromatic carbocycles. The van der Waals surface area contributed by atoms with Crippen LogP contribution in [0.3, 0.4) is 0 Å². The van der Waals surface area contributed by atoms with Crippen LogP contribution < -0.4 is 0 Å². The van der Waals surface area contributed by atoms with Crippen molar-refractivity contribution >= 4 is 28.8 Å². The molecule has 0 saturated heterocycles. The fraction of sp³-hybridized carbons (Fsp3) is 0.250. The van der Waals surface area contributed by atoms with Crippen LogP contribution in [0.2, 0.25) is 4.34 Å². The Morgan fingerprint density at radius 2 is 2.08 bits per heavy atom. The number of amides is 1. The van der Waals surface area contributed by atoms with Crippen LogP contribution in [0.1, 0.15) is 16.5 Å². The van der Waals surface area contributed by atoms with Crippen molar-refractivity contribution in [2.45, 2.75) is 19.0 Å². The van der Waals surface area contributed by atoms with Crippen LogP contribution in [0.25, 0.3) is 0 Å². The summed E-state index contributed by atoms with van der Waals surface area (Å²) >= 11 is 7.43. The first kappa shape index (κ1) is 16.6. The van der Waals surface area contributed by atoms with Crippen LogP contribution in [0.5, 0.6) is 0 Å². The van der Waals surface area contributed by atoms with Gasteiger partial charge in [-0.15, -0.1) is 16.4 Å². The second-order valence-corrected chi connectivity index (χ2v) is 7.20. The predicted molar refractivity (Wildman–Crippen MR) is 92.8 cm³/mol. The highest BCUT2D eigenvalue weighted by Crippen LogP contribution is 2.23. The molecule has 1 amide bonds. The molecule has 0 unspecified atom stereocenters. The van der Waals surface area contributed by atoms with E-state index < -0.39 is 6.04 Å². The van der Waals surface area contributed by atoms with Crippen molar-refractivity contribution in [2.24, 2.45) is 0 Å². The monoisotopic (exact) mass is 361 g/mol. The zero-order valence-electron chi connectivity index (χ0n) is 13.0. The van der Waals surface area contributed by atoms with Crippen LogP contribution in [0.4, 0.5) is 0 Å². The van der Waals surface area contributed by atoms with Crippen molar-refractivity contribution in [3.63, 3.8) is 0 Å². The van der Waals surface area contributed by atoms with E-state index in [-0.39, 0.29) is 5.91 Å². The zero-order valence-corrected chi connectivity index (χ0v) is 14.6. The molecule has 0 aliphatic heterocycles. The molecule has 0 aliphatic rings. The van der Waals surface area contributed by atoms with E-state index in [0.29, 0.717) is 17.3 Å². The van der Waals surface area contributed by atoms with E-state index in [0.717, 1.165) is 10.4 Å². The largest absolute Gasteiger partial charge is 0.339 e. The van der Waals surface area contributed by atoms with Crippen molar-refractivity contribution in [1.82, 2.24) is 25.1 Å². The van der Waals surface area contributed by atoms with Gasteiger partial charge >= 0.3 is 0 Å². The Labute approximate surface area is 148 Å². The predicted octanol–water partition coefficient (Wildman–Crippen LogP) is 2.83. The Kier molecular flexibility index (Phi) is 5.22. The highest BCUT2D eigenvalue weighted by atomic mass is 35.5. The number of nitrogens with zero attached hydrogens (tertiary/aromatic N) is 5. The van der Waals surface area contributed by atoms with Crippen molar-refractivity contribution in [2.75, 3.05) is 7.05 Å². The molecule has 8 heteroatoms. The standard InChI is InChI=1S/C16H16ClN5OS/c1-21(10-13-7-8-15(17)24-13)16(23)14(22-11-18-19-20-22)9-12-5-3-2-4-6-12/h2-8,11,14H,9-10H2,1H3/t14-/m1/s1. The summed E-state index contributed by atoms with van der Waals surface area (Å²) in [5.41, 5.74) is 1.05. The van der Waals surface area contributed by atoms with Gasteiger partial charge in [0.2, 0.25) is 5.91 Å². The number of hydrogen-bond acceptors (Lipinski definition) is 5. The molecular weight excluding hydrogens is 346 g/mol. The van der Waals surface area contributed by atoms with Gasteiger partial charge in [0.1, 0.15) is 12.4 Å². The van der Waals surface area contributed by atoms with Crippen molar-refractivity contribution in [3.8, 4) is 0 Å². The SMILES string of the molecule is CN(Cc1ccc(Cl)s1)C(=O)[C@@H](Cc1ccccc1)n1cnnn1. The summed E-state index contributed by atoms with van der Waals surface area (Å²) in [6.45, 7) is 0.504. The lowest BCUT2D eigenvalue weighted by Gasteiger charge is -2.23. The molecule has 6 nitrogen and oxygen atoms in total. The molecule has 0 saturated carbocycles. The van der Waals surface area contributed by atoms with Gasteiger partial charge in [0.15, 0.2) is 0 Å². The molecule has 2 aromatic heterocycles. The first-order chi connectivity index (χ1) is 11.6. The van der Waals surface area contributed by atoms with E-state index in [9.17, 15) is 4.79 Å². The second kappa shape index (κ2) is 7.55. The minimum atomic E-state index is -0.483. The van der Waals surface area contributed by atoms with Gasteiger partial charge in [-0.3, -0.25) is 4.79 Å². The van der Waals surface area contributed by atoms with Gasteiger partial charge in [-0.1, -0.05) is 41.9 Å². The number of carbonyl (C=O) groups excluding carboxylic acids is 1. The van der Waals surface area contributed by atoms with E-state index in [1.54, 1.807) is 11.9 Å². The molecule has 0 fully saturated rings. The second-order valence-electron chi connectivity index (χ2n) is 5.40. The number of thiophene rings is 1. The molecule has 3 aromatic rings. The van der Waals surface area contributed by atoms with Gasteiger partial charge in [-0.2, -0.15) is 0 Å². The smallest absolute Gasteiger partial charge is 0.247 e. The van der Waals surface area contributed by atoms with Crippen LogP contribution in [-0.2, 0) is 17.8 Å². The van der Waals surface area contributed by atoms with E-state index in [2.05, 4.69) is 15.5 Å². The summed E-state index contributed by atoms with van der Waals surface area (Å²) in [5, 5.41) is 11.2. The number of rotatable bonds is 6. The van der Waals surface area contributed by atoms with Crippen molar-refractivity contribution in [1.29, 1.82) is 0 Å². The van der Waals surface area contributed by atoms with E-state index >= 15 is 0 Å². The third kappa shape index (κ3) is 3.98. The fourth-order valence-electron chi connectivity index (χ4n) is 2.45. The topological polar surface area (TPSA) is 63.9 Å². The zero-order chi connectivity index (χ0) is 16.9. The number of likely N-dealkylation sites (N-methyl/N-ethyl adjacent to an activating group) is 1. The molecule has 124 valence electrons. The Morgan fingerprint density at radius 3 is 2.71 bits per heavy atom. The van der Waals surface area contributed by atoms with Crippen molar-refractivity contribution in [3.05, 3.63) is 63.6 Å². The van der Waals surface area contributed by atoms with Gasteiger partial charge in [-0.25, -0.2) is 4.68 Å². The highest BCUT2D eigenvalue weighted by molar-refractivity contribution is 7.16. The van der Waals surface area contributed by atoms with Crippen LogP contribution in [0.15, 0.2) is 48.8 Å². The average molecular weight is 362 g/mol. The van der Waals surface area contributed by atoms with Gasteiger partial charge < -0.3 is 4.90 Å². The highest BCUT2D eigenvalue weighted by Gasteiger charge is 2.25. The van der Waals surface area contributed by atoms with Crippen molar-refractivity contribution < 1.29 is 4.79 Å². The molecular formula is C16H16ClN5OS. The molecule has 2 heterocycles. The van der Waals surface area contributed by atoms with Crippen LogP contribution in [0, 0.1) is 0 Å². The molecule has 0 aliphatic carbocycles. The Morgan fingerprint density at radius 1 is 1.29 bits per heavy atom. The number of aromatic nitrogens is 4. The first-order valence-corrected chi connectivity index (χ1v) is 8.58. The van der Waals surface area contributed by atoms with Gasteiger partial charge in [0, 0.05) is 18.3 Å². The lowest BCUT2D eigenvalue weighted by molar-refractivity contribution is -0.134. The molecule has 0 radical (unpaired) electrons. The fourth-order valence-corrected chi connectivity index (χ4v) is 3.59. The Balaban J connectivity index is 1.78. The maximum Gasteiger partial charge on any atom is 0.247 e. The minimum Gasteiger partial charge on any atom is -0.339 e. The Bertz CT molecular complexity index is 790. The summed E-state index contributed by atoms with van der Waals surface area (Å²) in [6.07, 6.45) is 2.00. The lowest BCUT2D eigenvalue weighted by Crippen LogP contribution is -2.35.